The maximum atomic E-state index is 13.1. The Hall–Kier alpha value is -2.93. The molecule has 0 spiro atoms. The molecule has 1 saturated heterocycles. The number of piperidine rings is 1. The zero-order valence-electron chi connectivity index (χ0n) is 18.7. The summed E-state index contributed by atoms with van der Waals surface area (Å²) in [6, 6.07) is 1.99. The summed E-state index contributed by atoms with van der Waals surface area (Å²) in [4.78, 5) is 22.0. The van der Waals surface area contributed by atoms with Gasteiger partial charge in [-0.05, 0) is 76.4 Å². The number of fused-ring (bicyclic) bond motifs is 2. The lowest BCUT2D eigenvalue weighted by Crippen LogP contribution is -2.50. The first-order valence-electron chi connectivity index (χ1n) is 11.2. The predicted molar refractivity (Wildman–Crippen MR) is 121 cm³/mol. The van der Waals surface area contributed by atoms with Crippen molar-refractivity contribution in [1.29, 1.82) is 0 Å². The van der Waals surface area contributed by atoms with Gasteiger partial charge in [-0.2, -0.15) is 5.10 Å². The van der Waals surface area contributed by atoms with Gasteiger partial charge in [0.1, 0.15) is 11.9 Å². The van der Waals surface area contributed by atoms with Crippen molar-refractivity contribution in [3.8, 4) is 0 Å². The molecule has 0 saturated carbocycles. The number of carbonyl (C=O) groups excluding carboxylic acids is 1. The van der Waals surface area contributed by atoms with Gasteiger partial charge in [-0.1, -0.05) is 13.0 Å². The van der Waals surface area contributed by atoms with Crippen molar-refractivity contribution in [2.24, 2.45) is 5.92 Å². The highest BCUT2D eigenvalue weighted by Crippen LogP contribution is 2.33. The van der Waals surface area contributed by atoms with Crippen LogP contribution in [-0.2, 0) is 4.79 Å². The van der Waals surface area contributed by atoms with Gasteiger partial charge in [0, 0.05) is 12.3 Å². The summed E-state index contributed by atoms with van der Waals surface area (Å²) in [6.07, 6.45) is 10.1. The van der Waals surface area contributed by atoms with Gasteiger partial charge in [-0.3, -0.25) is 14.7 Å². The van der Waals surface area contributed by atoms with Crippen molar-refractivity contribution in [3.05, 3.63) is 58.8 Å². The maximum absolute atomic E-state index is 13.1. The van der Waals surface area contributed by atoms with Crippen LogP contribution in [0.4, 0.5) is 0 Å². The molecular formula is C24H30N6O. The van der Waals surface area contributed by atoms with E-state index in [0.717, 1.165) is 66.3 Å². The third kappa shape index (κ3) is 3.57. The van der Waals surface area contributed by atoms with Gasteiger partial charge >= 0.3 is 0 Å². The number of hydrogen-bond donors (Lipinski definition) is 1. The third-order valence-corrected chi connectivity index (χ3v) is 6.75. The molecule has 0 aromatic carbocycles. The molecule has 2 aromatic rings. The van der Waals surface area contributed by atoms with Crippen LogP contribution in [0.2, 0.25) is 0 Å². The summed E-state index contributed by atoms with van der Waals surface area (Å²) in [5, 5.41) is 8.23. The van der Waals surface area contributed by atoms with Crippen molar-refractivity contribution < 1.29 is 4.79 Å². The molecular weight excluding hydrogens is 388 g/mol. The molecule has 1 atom stereocenters. The second-order valence-corrected chi connectivity index (χ2v) is 8.90. The lowest BCUT2D eigenvalue weighted by Gasteiger charge is -2.40. The summed E-state index contributed by atoms with van der Waals surface area (Å²) >= 11 is 0. The fourth-order valence-corrected chi connectivity index (χ4v) is 4.97. The number of aromatic nitrogens is 3. The van der Waals surface area contributed by atoms with Crippen LogP contribution in [0.5, 0.6) is 0 Å². The highest BCUT2D eigenvalue weighted by atomic mass is 16.2. The molecule has 7 heteroatoms. The second kappa shape index (κ2) is 7.64. The number of likely N-dealkylation sites (tertiary alicyclic amines) is 1. The van der Waals surface area contributed by atoms with E-state index >= 15 is 0 Å². The van der Waals surface area contributed by atoms with E-state index in [1.807, 2.05) is 35.5 Å². The van der Waals surface area contributed by atoms with Gasteiger partial charge < -0.3 is 10.2 Å². The minimum absolute atomic E-state index is 0.00206. The molecule has 5 rings (SSSR count). The molecule has 0 aliphatic carbocycles. The van der Waals surface area contributed by atoms with Crippen LogP contribution in [-0.4, -0.2) is 56.1 Å². The number of nitrogens with zero attached hydrogens (tertiary/aromatic N) is 5. The van der Waals surface area contributed by atoms with Gasteiger partial charge in [0.2, 0.25) is 0 Å². The number of hydrogen-bond acceptors (Lipinski definition) is 5. The molecule has 7 nitrogen and oxygen atoms in total. The highest BCUT2D eigenvalue weighted by molar-refractivity contribution is 5.97. The largest absolute Gasteiger partial charge is 0.359 e. The van der Waals surface area contributed by atoms with Gasteiger partial charge in [0.15, 0.2) is 0 Å². The Bertz CT molecular complexity index is 1130. The minimum atomic E-state index is -0.169. The lowest BCUT2D eigenvalue weighted by molar-refractivity contribution is -0.125. The van der Waals surface area contributed by atoms with E-state index in [-0.39, 0.29) is 12.1 Å². The van der Waals surface area contributed by atoms with Crippen molar-refractivity contribution in [1.82, 2.24) is 29.7 Å². The summed E-state index contributed by atoms with van der Waals surface area (Å²) in [7, 11) is 0. The Morgan fingerprint density at radius 3 is 2.68 bits per heavy atom. The van der Waals surface area contributed by atoms with E-state index in [9.17, 15) is 4.79 Å². The number of allylic oxidation sites excluding steroid dienone is 2. The molecule has 1 fully saturated rings. The van der Waals surface area contributed by atoms with Crippen LogP contribution in [0, 0.1) is 19.8 Å². The molecule has 3 aliphatic rings. The van der Waals surface area contributed by atoms with Crippen molar-refractivity contribution >= 4 is 17.1 Å². The average molecular weight is 419 g/mol. The van der Waals surface area contributed by atoms with Crippen LogP contribution >= 0.6 is 0 Å². The Morgan fingerprint density at radius 2 is 1.94 bits per heavy atom. The molecule has 162 valence electrons. The Balaban J connectivity index is 1.42. The fourth-order valence-electron chi connectivity index (χ4n) is 4.97. The molecule has 5 heterocycles. The number of amides is 1. The number of aryl methyl sites for hydroxylation is 2. The Labute approximate surface area is 183 Å². The third-order valence-electron chi connectivity index (χ3n) is 6.75. The fraction of sp³-hybridized carbons (Fsp3) is 0.458. The van der Waals surface area contributed by atoms with Gasteiger partial charge in [0.05, 0.1) is 28.8 Å². The number of rotatable bonds is 3. The molecule has 1 N–H and O–H groups in total. The van der Waals surface area contributed by atoms with Gasteiger partial charge in [0.25, 0.3) is 5.91 Å². The lowest BCUT2D eigenvalue weighted by atomic mass is 9.86. The van der Waals surface area contributed by atoms with Crippen LogP contribution in [0.25, 0.3) is 11.2 Å². The SMILES string of the molecule is CCN1CCC(C2=CN3C(=O)C=C(c4cc5c(C)nc(C)cn5n4)NC3C(C)=C2)CC1. The molecule has 31 heavy (non-hydrogen) atoms. The summed E-state index contributed by atoms with van der Waals surface area (Å²) < 4.78 is 1.84. The van der Waals surface area contributed by atoms with Crippen LogP contribution in [0.1, 0.15) is 43.8 Å². The second-order valence-electron chi connectivity index (χ2n) is 8.90. The van der Waals surface area contributed by atoms with E-state index in [0.29, 0.717) is 5.92 Å². The normalized spacial score (nSPS) is 22.7. The monoisotopic (exact) mass is 418 g/mol. The molecule has 0 bridgehead atoms. The Kier molecular flexibility index (Phi) is 4.93. The predicted octanol–water partition coefficient (Wildman–Crippen LogP) is 3.02. The van der Waals surface area contributed by atoms with Gasteiger partial charge in [-0.25, -0.2) is 4.52 Å². The average Bonchev–Trinajstić information content (AvgIpc) is 3.18. The van der Waals surface area contributed by atoms with E-state index in [1.54, 1.807) is 6.08 Å². The standard InChI is InChI=1S/C24H30N6O/c1-5-28-8-6-18(7-9-28)19-10-15(2)24-26-20(12-23(31)29(24)14-19)21-11-22-17(4)25-16(3)13-30(22)27-21/h10-14,18,24,26H,5-9H2,1-4H3. The first kappa shape index (κ1) is 20.0. The van der Waals surface area contributed by atoms with E-state index < -0.39 is 0 Å². The summed E-state index contributed by atoms with van der Waals surface area (Å²) in [5.74, 6) is 0.520. The van der Waals surface area contributed by atoms with Crippen LogP contribution in [0.3, 0.4) is 0 Å². The maximum Gasteiger partial charge on any atom is 0.254 e. The van der Waals surface area contributed by atoms with Crippen LogP contribution < -0.4 is 5.32 Å². The Morgan fingerprint density at radius 1 is 1.16 bits per heavy atom. The number of carbonyl (C=O) groups is 1. The minimum Gasteiger partial charge on any atom is -0.359 e. The first-order valence-corrected chi connectivity index (χ1v) is 11.2. The van der Waals surface area contributed by atoms with Crippen LogP contribution in [0.15, 0.2) is 41.8 Å². The zero-order chi connectivity index (χ0) is 21.7. The summed E-state index contributed by atoms with van der Waals surface area (Å²) in [6.45, 7) is 11.6. The molecule has 1 amide bonds. The van der Waals surface area contributed by atoms with Crippen molar-refractivity contribution in [2.45, 2.75) is 46.7 Å². The quantitative estimate of drug-likeness (QED) is 0.830. The van der Waals surface area contributed by atoms with Crippen molar-refractivity contribution in [2.75, 3.05) is 19.6 Å². The number of nitrogens with one attached hydrogen (secondary N) is 1. The van der Waals surface area contributed by atoms with E-state index in [2.05, 4.69) is 41.3 Å². The smallest absolute Gasteiger partial charge is 0.254 e. The topological polar surface area (TPSA) is 65.8 Å². The summed E-state index contributed by atoms with van der Waals surface area (Å²) in [5.41, 5.74) is 6.76. The zero-order valence-corrected chi connectivity index (χ0v) is 18.7. The van der Waals surface area contributed by atoms with Crippen molar-refractivity contribution in [3.63, 3.8) is 0 Å². The highest BCUT2D eigenvalue weighted by Gasteiger charge is 2.33. The van der Waals surface area contributed by atoms with E-state index in [4.69, 9.17) is 5.10 Å². The van der Waals surface area contributed by atoms with E-state index in [1.165, 1.54) is 5.57 Å². The molecule has 1 unspecified atom stereocenters. The first-order chi connectivity index (χ1) is 14.9. The molecule has 2 aromatic heterocycles. The van der Waals surface area contributed by atoms with Gasteiger partial charge in [-0.15, -0.1) is 0 Å². The molecule has 3 aliphatic heterocycles. The molecule has 0 radical (unpaired) electrons.